The topological polar surface area (TPSA) is 50.2 Å². The smallest absolute Gasteiger partial charge is 0.237 e. The van der Waals surface area contributed by atoms with Gasteiger partial charge in [0.15, 0.2) is 0 Å². The molecule has 2 heterocycles. The van der Waals surface area contributed by atoms with E-state index in [1.54, 1.807) is 0 Å². The lowest BCUT2D eigenvalue weighted by Gasteiger charge is -2.34. The lowest BCUT2D eigenvalue weighted by atomic mass is 10.1. The first-order chi connectivity index (χ1) is 9.62. The quantitative estimate of drug-likeness (QED) is 0.889. The van der Waals surface area contributed by atoms with Crippen LogP contribution in [0.15, 0.2) is 4.47 Å². The molecule has 1 saturated heterocycles. The zero-order valence-electron chi connectivity index (χ0n) is 12.4. The van der Waals surface area contributed by atoms with E-state index in [0.717, 1.165) is 49.2 Å². The van der Waals surface area contributed by atoms with E-state index in [1.807, 2.05) is 4.68 Å². The van der Waals surface area contributed by atoms with Crippen molar-refractivity contribution in [1.82, 2.24) is 20.0 Å². The van der Waals surface area contributed by atoms with Gasteiger partial charge < -0.3 is 5.32 Å². The highest BCUT2D eigenvalue weighted by Crippen LogP contribution is 2.25. The molecule has 1 aliphatic heterocycles. The third-order valence-electron chi connectivity index (χ3n) is 3.88. The van der Waals surface area contributed by atoms with Crippen molar-refractivity contribution in [3.63, 3.8) is 0 Å². The first-order valence-corrected chi connectivity index (χ1v) is 8.17. The van der Waals surface area contributed by atoms with E-state index in [4.69, 9.17) is 0 Å². The molecule has 0 saturated carbocycles. The zero-order chi connectivity index (χ0) is 14.7. The summed E-state index contributed by atoms with van der Waals surface area (Å²) in [4.78, 5) is 14.2. The van der Waals surface area contributed by atoms with Gasteiger partial charge >= 0.3 is 0 Å². The maximum Gasteiger partial charge on any atom is 0.237 e. The molecule has 0 aromatic carbocycles. The van der Waals surface area contributed by atoms with Crippen molar-refractivity contribution in [2.45, 2.75) is 52.7 Å². The van der Waals surface area contributed by atoms with Crippen LogP contribution < -0.4 is 5.32 Å². The molecule has 0 bridgehead atoms. The fraction of sp³-hybridized carbons (Fsp3) is 0.714. The maximum absolute atomic E-state index is 11.9. The van der Waals surface area contributed by atoms with Crippen molar-refractivity contribution in [1.29, 1.82) is 0 Å². The SMILES string of the molecule is CCc1nn(CC)c(CN2CCNC(=O)C2CC)c1Br. The largest absolute Gasteiger partial charge is 0.353 e. The number of amides is 1. The lowest BCUT2D eigenvalue weighted by molar-refractivity contribution is -0.129. The molecule has 1 aromatic heterocycles. The van der Waals surface area contributed by atoms with Gasteiger partial charge in [0.25, 0.3) is 0 Å². The normalized spacial score (nSPS) is 20.2. The molecule has 6 heteroatoms. The van der Waals surface area contributed by atoms with Crippen LogP contribution in [-0.2, 0) is 24.3 Å². The van der Waals surface area contributed by atoms with Crippen LogP contribution in [0.3, 0.4) is 0 Å². The summed E-state index contributed by atoms with van der Waals surface area (Å²) in [6, 6.07) is -0.0269. The lowest BCUT2D eigenvalue weighted by Crippen LogP contribution is -2.54. The number of nitrogens with one attached hydrogen (secondary N) is 1. The number of hydrogen-bond donors (Lipinski definition) is 1. The summed E-state index contributed by atoms with van der Waals surface area (Å²) in [5.41, 5.74) is 2.27. The third kappa shape index (κ3) is 2.91. The minimum atomic E-state index is -0.0269. The second-order valence-corrected chi connectivity index (χ2v) is 5.86. The summed E-state index contributed by atoms with van der Waals surface area (Å²) < 4.78 is 3.14. The van der Waals surface area contributed by atoms with E-state index in [1.165, 1.54) is 5.69 Å². The standard InChI is InChI=1S/C14H23BrN4O/c1-4-10-13(15)12(19(6-3)17-10)9-18-8-7-16-14(20)11(18)5-2/h11H,4-9H2,1-3H3,(H,16,20). The average molecular weight is 343 g/mol. The minimum absolute atomic E-state index is 0.0269. The van der Waals surface area contributed by atoms with Gasteiger partial charge in [0.2, 0.25) is 5.91 Å². The summed E-state index contributed by atoms with van der Waals surface area (Å²) in [5, 5.41) is 7.57. The van der Waals surface area contributed by atoms with Crippen molar-refractivity contribution < 1.29 is 4.79 Å². The minimum Gasteiger partial charge on any atom is -0.353 e. The van der Waals surface area contributed by atoms with Crippen molar-refractivity contribution in [3.05, 3.63) is 15.9 Å². The molecule has 0 aliphatic carbocycles. The van der Waals surface area contributed by atoms with Crippen LogP contribution >= 0.6 is 15.9 Å². The van der Waals surface area contributed by atoms with Crippen LogP contribution in [0.1, 0.15) is 38.6 Å². The van der Waals surface area contributed by atoms with Crippen LogP contribution in [0.4, 0.5) is 0 Å². The fourth-order valence-electron chi connectivity index (χ4n) is 2.76. The molecular weight excluding hydrogens is 320 g/mol. The molecule has 1 aromatic rings. The Morgan fingerprint density at radius 2 is 2.15 bits per heavy atom. The summed E-state index contributed by atoms with van der Waals surface area (Å²) in [7, 11) is 0. The fourth-order valence-corrected chi connectivity index (χ4v) is 3.45. The van der Waals surface area contributed by atoms with E-state index in [0.29, 0.717) is 0 Å². The Kier molecular flexibility index (Phi) is 5.21. The predicted octanol–water partition coefficient (Wildman–Crippen LogP) is 1.94. The Balaban J connectivity index is 2.24. The molecule has 1 fully saturated rings. The van der Waals surface area contributed by atoms with E-state index in [-0.39, 0.29) is 11.9 Å². The highest BCUT2D eigenvalue weighted by atomic mass is 79.9. The number of rotatable bonds is 5. The summed E-state index contributed by atoms with van der Waals surface area (Å²) >= 11 is 3.68. The van der Waals surface area contributed by atoms with Gasteiger partial charge in [-0.25, -0.2) is 0 Å². The molecule has 1 amide bonds. The Morgan fingerprint density at radius 1 is 1.40 bits per heavy atom. The van der Waals surface area contributed by atoms with Gasteiger partial charge in [-0.1, -0.05) is 13.8 Å². The van der Waals surface area contributed by atoms with Gasteiger partial charge in [-0.05, 0) is 35.7 Å². The Morgan fingerprint density at radius 3 is 2.75 bits per heavy atom. The number of aryl methyl sites for hydroxylation is 2. The van der Waals surface area contributed by atoms with Crippen molar-refractivity contribution in [2.24, 2.45) is 0 Å². The van der Waals surface area contributed by atoms with Gasteiger partial charge in [-0.3, -0.25) is 14.4 Å². The third-order valence-corrected chi connectivity index (χ3v) is 4.79. The van der Waals surface area contributed by atoms with Crippen molar-refractivity contribution in [3.8, 4) is 0 Å². The van der Waals surface area contributed by atoms with Crippen LogP contribution in [-0.4, -0.2) is 39.7 Å². The van der Waals surface area contributed by atoms with Crippen molar-refractivity contribution in [2.75, 3.05) is 13.1 Å². The van der Waals surface area contributed by atoms with Gasteiger partial charge in [0, 0.05) is 26.2 Å². The highest BCUT2D eigenvalue weighted by Gasteiger charge is 2.29. The van der Waals surface area contributed by atoms with Gasteiger partial charge in [0.1, 0.15) is 0 Å². The summed E-state index contributed by atoms with van der Waals surface area (Å²) in [5.74, 6) is 0.146. The molecular formula is C14H23BrN4O. The first-order valence-electron chi connectivity index (χ1n) is 7.38. The molecule has 112 valence electrons. The molecule has 2 rings (SSSR count). The van der Waals surface area contributed by atoms with Crippen LogP contribution in [0.2, 0.25) is 0 Å². The molecule has 1 unspecified atom stereocenters. The molecule has 0 spiro atoms. The molecule has 1 N–H and O–H groups in total. The van der Waals surface area contributed by atoms with Gasteiger partial charge in [0.05, 0.1) is 21.9 Å². The van der Waals surface area contributed by atoms with Crippen LogP contribution in [0, 0.1) is 0 Å². The second-order valence-electron chi connectivity index (χ2n) is 5.06. The van der Waals surface area contributed by atoms with Crippen molar-refractivity contribution >= 4 is 21.8 Å². The van der Waals surface area contributed by atoms with Crippen LogP contribution in [0.25, 0.3) is 0 Å². The molecule has 5 nitrogen and oxygen atoms in total. The van der Waals surface area contributed by atoms with E-state index in [2.05, 4.69) is 52.0 Å². The number of carbonyl (C=O) groups excluding carboxylic acids is 1. The first kappa shape index (κ1) is 15.5. The molecule has 0 radical (unpaired) electrons. The van der Waals surface area contributed by atoms with E-state index in [9.17, 15) is 4.79 Å². The molecule has 1 atom stereocenters. The molecule has 1 aliphatic rings. The monoisotopic (exact) mass is 342 g/mol. The summed E-state index contributed by atoms with van der Waals surface area (Å²) in [6.07, 6.45) is 1.75. The van der Waals surface area contributed by atoms with Crippen LogP contribution in [0.5, 0.6) is 0 Å². The van der Waals surface area contributed by atoms with E-state index >= 15 is 0 Å². The van der Waals surface area contributed by atoms with Gasteiger partial charge in [-0.2, -0.15) is 5.10 Å². The number of nitrogens with zero attached hydrogens (tertiary/aromatic N) is 3. The number of piperazine rings is 1. The summed E-state index contributed by atoms with van der Waals surface area (Å²) in [6.45, 7) is 9.52. The Labute approximate surface area is 128 Å². The average Bonchev–Trinajstić information content (AvgIpc) is 2.75. The zero-order valence-corrected chi connectivity index (χ0v) is 14.0. The number of aromatic nitrogens is 2. The predicted molar refractivity (Wildman–Crippen MR) is 82.5 cm³/mol. The number of carbonyl (C=O) groups is 1. The second kappa shape index (κ2) is 6.72. The molecule has 20 heavy (non-hydrogen) atoms. The highest BCUT2D eigenvalue weighted by molar-refractivity contribution is 9.10. The van der Waals surface area contributed by atoms with E-state index < -0.39 is 0 Å². The Bertz CT molecular complexity index is 486. The maximum atomic E-state index is 11.9. The number of halogens is 1. The Hall–Kier alpha value is -0.880. The number of hydrogen-bond acceptors (Lipinski definition) is 3. The van der Waals surface area contributed by atoms with Gasteiger partial charge in [-0.15, -0.1) is 0 Å².